The van der Waals surface area contributed by atoms with Gasteiger partial charge in [0.1, 0.15) is 0 Å². The van der Waals surface area contributed by atoms with Crippen molar-refractivity contribution in [1.29, 1.82) is 0 Å². The average Bonchev–Trinajstić information content (AvgIpc) is 2.52. The molecule has 0 radical (unpaired) electrons. The van der Waals surface area contributed by atoms with E-state index in [0.717, 1.165) is 24.3 Å². The lowest BCUT2D eigenvalue weighted by Crippen LogP contribution is -2.32. The fourth-order valence-electron chi connectivity index (χ4n) is 2.35. The normalized spacial score (nSPS) is 10.8. The molecule has 2 rings (SSSR count). The summed E-state index contributed by atoms with van der Waals surface area (Å²) in [6.45, 7) is 8.02. The molecule has 0 aliphatic rings. The maximum atomic E-state index is 12.3. The molecule has 0 spiro atoms. The third kappa shape index (κ3) is 5.38. The number of carbonyl (C=O) groups excluding carboxylic acids is 1. The summed E-state index contributed by atoms with van der Waals surface area (Å²) in [7, 11) is 0. The molecule has 1 amide bonds. The molecule has 1 N–H and O–H groups in total. The Bertz CT molecular complexity index is 668. The van der Waals surface area contributed by atoms with Gasteiger partial charge in [0, 0.05) is 17.3 Å². The summed E-state index contributed by atoms with van der Waals surface area (Å²) in [5.74, 6) is -0.0238. The third-order valence-electron chi connectivity index (χ3n) is 3.81. The number of nitrogens with one attached hydrogen (secondary N) is 1. The van der Waals surface area contributed by atoms with Crippen molar-refractivity contribution in [2.24, 2.45) is 0 Å². The van der Waals surface area contributed by atoms with Crippen LogP contribution in [0.15, 0.2) is 42.5 Å². The number of hydrogen-bond donors (Lipinski definition) is 1. The van der Waals surface area contributed by atoms with E-state index in [2.05, 4.69) is 48.3 Å². The van der Waals surface area contributed by atoms with Crippen molar-refractivity contribution in [3.63, 3.8) is 0 Å². The summed E-state index contributed by atoms with van der Waals surface area (Å²) in [5.41, 5.74) is 4.23. The Morgan fingerprint density at radius 3 is 2.48 bits per heavy atom. The number of hydrogen-bond acceptors (Lipinski definition) is 2. The van der Waals surface area contributed by atoms with Crippen LogP contribution in [-0.4, -0.2) is 23.9 Å². The van der Waals surface area contributed by atoms with Gasteiger partial charge >= 0.3 is 0 Å². The van der Waals surface area contributed by atoms with Gasteiger partial charge in [0.25, 0.3) is 0 Å². The van der Waals surface area contributed by atoms with E-state index in [0.29, 0.717) is 11.6 Å². The molecule has 2 aromatic rings. The first kappa shape index (κ1) is 17.5. The maximum absolute atomic E-state index is 12.3. The molecule has 0 bridgehead atoms. The standard InChI is InChI=1S/C19H23ClN2O/c1-4-22(12-16-8-5-14(2)6-9-16)13-19(23)21-18-11-17(20)10-7-15(18)3/h5-11H,4,12-13H2,1-3H3,(H,21,23). The van der Waals surface area contributed by atoms with Gasteiger partial charge in [0.15, 0.2) is 0 Å². The Hall–Kier alpha value is -1.84. The van der Waals surface area contributed by atoms with E-state index in [1.54, 1.807) is 6.07 Å². The Morgan fingerprint density at radius 2 is 1.83 bits per heavy atom. The van der Waals surface area contributed by atoms with Crippen LogP contribution in [0.5, 0.6) is 0 Å². The highest BCUT2D eigenvalue weighted by Crippen LogP contribution is 2.20. The maximum Gasteiger partial charge on any atom is 0.238 e. The number of benzene rings is 2. The Balaban J connectivity index is 1.96. The summed E-state index contributed by atoms with van der Waals surface area (Å²) >= 11 is 5.99. The van der Waals surface area contributed by atoms with Crippen molar-refractivity contribution < 1.29 is 4.79 Å². The number of likely N-dealkylation sites (N-methyl/N-ethyl adjacent to an activating group) is 1. The molecule has 3 nitrogen and oxygen atoms in total. The summed E-state index contributed by atoms with van der Waals surface area (Å²) < 4.78 is 0. The summed E-state index contributed by atoms with van der Waals surface area (Å²) in [6, 6.07) is 13.9. The van der Waals surface area contributed by atoms with Gasteiger partial charge in [-0.1, -0.05) is 54.4 Å². The fourth-order valence-corrected chi connectivity index (χ4v) is 2.53. The molecule has 0 heterocycles. The molecule has 0 fully saturated rings. The van der Waals surface area contributed by atoms with Crippen LogP contribution in [0.2, 0.25) is 5.02 Å². The van der Waals surface area contributed by atoms with Crippen molar-refractivity contribution in [1.82, 2.24) is 4.90 Å². The van der Waals surface area contributed by atoms with Gasteiger partial charge in [-0.3, -0.25) is 9.69 Å². The van der Waals surface area contributed by atoms with Crippen molar-refractivity contribution in [2.75, 3.05) is 18.4 Å². The number of carbonyl (C=O) groups is 1. The van der Waals surface area contributed by atoms with Crippen LogP contribution >= 0.6 is 11.6 Å². The van der Waals surface area contributed by atoms with Crippen LogP contribution in [-0.2, 0) is 11.3 Å². The highest BCUT2D eigenvalue weighted by molar-refractivity contribution is 6.31. The van der Waals surface area contributed by atoms with E-state index in [4.69, 9.17) is 11.6 Å². The van der Waals surface area contributed by atoms with Gasteiger partial charge in [0.05, 0.1) is 6.54 Å². The molecule has 23 heavy (non-hydrogen) atoms. The van der Waals surface area contributed by atoms with Crippen molar-refractivity contribution in [2.45, 2.75) is 27.3 Å². The number of halogens is 1. The van der Waals surface area contributed by atoms with Gasteiger partial charge in [0.2, 0.25) is 5.91 Å². The van der Waals surface area contributed by atoms with Crippen molar-refractivity contribution >= 4 is 23.2 Å². The van der Waals surface area contributed by atoms with E-state index in [1.165, 1.54) is 11.1 Å². The van der Waals surface area contributed by atoms with Crippen molar-refractivity contribution in [3.05, 3.63) is 64.2 Å². The fraction of sp³-hybridized carbons (Fsp3) is 0.316. The average molecular weight is 331 g/mol. The van der Waals surface area contributed by atoms with Gasteiger partial charge in [-0.25, -0.2) is 0 Å². The molecular formula is C19H23ClN2O. The number of rotatable bonds is 6. The molecule has 0 aliphatic carbocycles. The largest absolute Gasteiger partial charge is 0.325 e. The minimum atomic E-state index is -0.0238. The van der Waals surface area contributed by atoms with E-state index < -0.39 is 0 Å². The number of anilines is 1. The minimum Gasteiger partial charge on any atom is -0.325 e. The molecular weight excluding hydrogens is 308 g/mol. The Labute approximate surface area is 143 Å². The monoisotopic (exact) mass is 330 g/mol. The molecule has 0 unspecified atom stereocenters. The first-order chi connectivity index (χ1) is 11.0. The second-order valence-corrected chi connectivity index (χ2v) is 6.23. The van der Waals surface area contributed by atoms with Crippen LogP contribution in [0.25, 0.3) is 0 Å². The second kappa shape index (κ2) is 8.14. The second-order valence-electron chi connectivity index (χ2n) is 5.80. The summed E-state index contributed by atoms with van der Waals surface area (Å²) in [5, 5.41) is 3.57. The molecule has 0 atom stereocenters. The predicted molar refractivity (Wildman–Crippen MR) is 96.9 cm³/mol. The molecule has 2 aromatic carbocycles. The van der Waals surface area contributed by atoms with Crippen molar-refractivity contribution in [3.8, 4) is 0 Å². The first-order valence-corrected chi connectivity index (χ1v) is 8.19. The van der Waals surface area contributed by atoms with Crippen LogP contribution in [0, 0.1) is 13.8 Å². The predicted octanol–water partition coefficient (Wildman–Crippen LogP) is 4.42. The van der Waals surface area contributed by atoms with E-state index in [-0.39, 0.29) is 5.91 Å². The topological polar surface area (TPSA) is 32.3 Å². The van der Waals surface area contributed by atoms with Gasteiger partial charge in [-0.2, -0.15) is 0 Å². The zero-order valence-electron chi connectivity index (χ0n) is 13.9. The van der Waals surface area contributed by atoms with Gasteiger partial charge < -0.3 is 5.32 Å². The van der Waals surface area contributed by atoms with E-state index in [1.807, 2.05) is 19.1 Å². The third-order valence-corrected chi connectivity index (χ3v) is 4.05. The van der Waals surface area contributed by atoms with Crippen LogP contribution in [0.1, 0.15) is 23.6 Å². The van der Waals surface area contributed by atoms with Crippen LogP contribution in [0.3, 0.4) is 0 Å². The number of aryl methyl sites for hydroxylation is 2. The zero-order chi connectivity index (χ0) is 16.8. The highest BCUT2D eigenvalue weighted by Gasteiger charge is 2.11. The van der Waals surface area contributed by atoms with Crippen LogP contribution in [0.4, 0.5) is 5.69 Å². The summed E-state index contributed by atoms with van der Waals surface area (Å²) in [6.07, 6.45) is 0. The van der Waals surface area contributed by atoms with E-state index in [9.17, 15) is 4.79 Å². The van der Waals surface area contributed by atoms with Gasteiger partial charge in [-0.05, 0) is 43.7 Å². The zero-order valence-corrected chi connectivity index (χ0v) is 14.7. The Morgan fingerprint density at radius 1 is 1.13 bits per heavy atom. The first-order valence-electron chi connectivity index (χ1n) is 7.82. The lowest BCUT2D eigenvalue weighted by molar-refractivity contribution is -0.117. The summed E-state index contributed by atoms with van der Waals surface area (Å²) in [4.78, 5) is 14.4. The number of nitrogens with zero attached hydrogens (tertiary/aromatic N) is 1. The Kier molecular flexibility index (Phi) is 6.20. The van der Waals surface area contributed by atoms with E-state index >= 15 is 0 Å². The molecule has 4 heteroatoms. The molecule has 0 aliphatic heterocycles. The quantitative estimate of drug-likeness (QED) is 0.850. The molecule has 0 aromatic heterocycles. The molecule has 0 saturated heterocycles. The van der Waals surface area contributed by atoms with Crippen LogP contribution < -0.4 is 5.32 Å². The lowest BCUT2D eigenvalue weighted by atomic mass is 10.1. The minimum absolute atomic E-state index is 0.0238. The smallest absolute Gasteiger partial charge is 0.238 e. The SMILES string of the molecule is CCN(CC(=O)Nc1cc(Cl)ccc1C)Cc1ccc(C)cc1. The molecule has 0 saturated carbocycles. The lowest BCUT2D eigenvalue weighted by Gasteiger charge is -2.20. The molecule has 122 valence electrons. The van der Waals surface area contributed by atoms with Gasteiger partial charge in [-0.15, -0.1) is 0 Å². The number of amides is 1. The highest BCUT2D eigenvalue weighted by atomic mass is 35.5.